The van der Waals surface area contributed by atoms with Crippen LogP contribution in [0.1, 0.15) is 107 Å². The van der Waals surface area contributed by atoms with E-state index in [0.29, 0.717) is 32.1 Å². The van der Waals surface area contributed by atoms with Gasteiger partial charge in [-0.1, -0.05) is 68.2 Å². The minimum Gasteiger partial charge on any atom is -0.481 e. The van der Waals surface area contributed by atoms with E-state index in [-0.39, 0.29) is 12.3 Å². The molecule has 0 spiro atoms. The maximum atomic E-state index is 14.0. The van der Waals surface area contributed by atoms with Crippen LogP contribution in [0.5, 0.6) is 0 Å². The molecule has 0 aromatic rings. The van der Waals surface area contributed by atoms with E-state index >= 15 is 0 Å². The van der Waals surface area contributed by atoms with Gasteiger partial charge in [-0.2, -0.15) is 0 Å². The smallest absolute Gasteiger partial charge is 0.305 e. The van der Waals surface area contributed by atoms with E-state index in [9.17, 15) is 48.3 Å². The Kier molecular flexibility index (Phi) is 17.9. The Morgan fingerprint density at radius 1 is 0.731 bits per heavy atom. The van der Waals surface area contributed by atoms with Gasteiger partial charge in [-0.3, -0.25) is 43.2 Å². The van der Waals surface area contributed by atoms with Crippen molar-refractivity contribution in [3.8, 4) is 0 Å². The molecule has 0 aliphatic carbocycles. The van der Waals surface area contributed by atoms with Crippen LogP contribution < -0.4 is 26.6 Å². The molecule has 1 heterocycles. The van der Waals surface area contributed by atoms with E-state index in [1.165, 1.54) is 4.90 Å². The predicted octanol–water partition coefficient (Wildman–Crippen LogP) is 0.488. The molecule has 6 amide bonds. The normalized spacial score (nSPS) is 17.8. The summed E-state index contributed by atoms with van der Waals surface area (Å²) in [6, 6.07) is -7.40. The predicted molar refractivity (Wildman–Crippen MR) is 188 cm³/mol. The average Bonchev–Trinajstić information content (AvgIpc) is 3.53. The largest absolute Gasteiger partial charge is 0.481 e. The summed E-state index contributed by atoms with van der Waals surface area (Å²) < 4.78 is 0. The number of carbonyl (C=O) groups excluding carboxylic acids is 7. The highest BCUT2D eigenvalue weighted by Gasteiger charge is 2.42. The van der Waals surface area contributed by atoms with Gasteiger partial charge in [0.1, 0.15) is 30.2 Å². The third-order valence-electron chi connectivity index (χ3n) is 8.90. The van der Waals surface area contributed by atoms with Gasteiger partial charge in [-0.15, -0.1) is 0 Å². The monoisotopic (exact) mass is 738 g/mol. The molecule has 7 atom stereocenters. The van der Waals surface area contributed by atoms with E-state index in [2.05, 4.69) is 26.6 Å². The van der Waals surface area contributed by atoms with Crippen LogP contribution in [0.2, 0.25) is 0 Å². The number of likely N-dealkylation sites (tertiary alicyclic amines) is 1. The Morgan fingerprint density at radius 3 is 1.71 bits per heavy atom. The molecule has 1 aliphatic rings. The van der Waals surface area contributed by atoms with E-state index in [0.717, 1.165) is 6.92 Å². The van der Waals surface area contributed by atoms with Crippen LogP contribution in [0.3, 0.4) is 0 Å². The Morgan fingerprint density at radius 2 is 1.25 bits per heavy atom. The third kappa shape index (κ3) is 13.9. The van der Waals surface area contributed by atoms with Crippen molar-refractivity contribution in [1.29, 1.82) is 0 Å². The molecule has 0 unspecified atom stereocenters. The van der Waals surface area contributed by atoms with Crippen LogP contribution in [0.15, 0.2) is 0 Å². The maximum absolute atomic E-state index is 14.0. The first-order chi connectivity index (χ1) is 24.0. The lowest BCUT2D eigenvalue weighted by atomic mass is 9.85. The zero-order valence-corrected chi connectivity index (χ0v) is 31.8. The standard InChI is InChI=1S/C35H58N6O11/c1-10-13-21(29(47)35(7,8)9)37-32(50)24-14-12-15-41(24)34(52)27(18(3)4)39-33(51)28(19(5)11-2)40-31(49)23(17-26(45)46)38-30(48)22(16-25(43)44)36-20(6)42/h18-19,21-24,27-28H,10-17H2,1-9H3,(H,36,42)(H,37,50)(H,38,48)(H,39,51)(H,40,49)(H,43,44)(H,45,46)/t19-,21-,22-,23-,24-,27-,28-/m0/s1. The summed E-state index contributed by atoms with van der Waals surface area (Å²) in [5.74, 6) is -8.74. The minimum absolute atomic E-state index is 0.123. The second-order valence-corrected chi connectivity index (χ2v) is 14.8. The number of carboxylic acids is 2. The number of hydrogen-bond acceptors (Lipinski definition) is 9. The van der Waals surface area contributed by atoms with Crippen LogP contribution in [-0.4, -0.2) is 111 Å². The zero-order chi connectivity index (χ0) is 40.1. The first kappa shape index (κ1) is 45.5. The molecule has 52 heavy (non-hydrogen) atoms. The van der Waals surface area contributed by atoms with Crippen LogP contribution in [0.4, 0.5) is 0 Å². The molecule has 0 aromatic heterocycles. The molecule has 0 radical (unpaired) electrons. The molecular weight excluding hydrogens is 680 g/mol. The highest BCUT2D eigenvalue weighted by Crippen LogP contribution is 2.23. The van der Waals surface area contributed by atoms with Gasteiger partial charge in [0, 0.05) is 18.9 Å². The van der Waals surface area contributed by atoms with Gasteiger partial charge in [0.05, 0.1) is 18.9 Å². The Bertz CT molecular complexity index is 1330. The number of amides is 6. The number of aliphatic carboxylic acids is 2. The molecule has 1 saturated heterocycles. The van der Waals surface area contributed by atoms with Gasteiger partial charge in [-0.25, -0.2) is 0 Å². The van der Waals surface area contributed by atoms with Gasteiger partial charge in [0.15, 0.2) is 5.78 Å². The SMILES string of the molecule is CCC[C@H](NC(=O)[C@@H]1CCCN1C(=O)[C@@H](NC(=O)[C@@H](NC(=O)[C@H](CC(=O)O)NC(=O)[C@H](CC(=O)O)NC(C)=O)[C@@H](C)CC)C(C)C)C(=O)C(C)(C)C. The summed E-state index contributed by atoms with van der Waals surface area (Å²) in [6.45, 7) is 15.3. The lowest BCUT2D eigenvalue weighted by Crippen LogP contribution is -2.61. The number of nitrogens with zero attached hydrogens (tertiary/aromatic N) is 1. The van der Waals surface area contributed by atoms with E-state index in [1.807, 2.05) is 6.92 Å². The molecule has 1 fully saturated rings. The van der Waals surface area contributed by atoms with Crippen LogP contribution >= 0.6 is 0 Å². The average molecular weight is 739 g/mol. The van der Waals surface area contributed by atoms with Crippen molar-refractivity contribution < 1.29 is 53.4 Å². The summed E-state index contributed by atoms with van der Waals surface area (Å²) in [6.07, 6.45) is 0.550. The van der Waals surface area contributed by atoms with Crippen LogP contribution in [-0.2, 0) is 43.2 Å². The minimum atomic E-state index is -1.76. The van der Waals surface area contributed by atoms with E-state index in [4.69, 9.17) is 5.11 Å². The van der Waals surface area contributed by atoms with Crippen LogP contribution in [0, 0.1) is 17.3 Å². The third-order valence-corrected chi connectivity index (χ3v) is 8.90. The van der Waals surface area contributed by atoms with Crippen molar-refractivity contribution in [2.75, 3.05) is 6.54 Å². The van der Waals surface area contributed by atoms with Crippen molar-refractivity contribution in [3.05, 3.63) is 0 Å². The highest BCUT2D eigenvalue weighted by atomic mass is 16.4. The first-order valence-electron chi connectivity index (χ1n) is 17.8. The fourth-order valence-corrected chi connectivity index (χ4v) is 5.83. The summed E-state index contributed by atoms with van der Waals surface area (Å²) in [4.78, 5) is 116. The van der Waals surface area contributed by atoms with Crippen molar-refractivity contribution in [3.63, 3.8) is 0 Å². The van der Waals surface area contributed by atoms with Gasteiger partial charge < -0.3 is 41.7 Å². The Balaban J connectivity index is 3.27. The van der Waals surface area contributed by atoms with E-state index < -0.39 is 114 Å². The van der Waals surface area contributed by atoms with Gasteiger partial charge in [-0.05, 0) is 31.1 Å². The van der Waals surface area contributed by atoms with Gasteiger partial charge >= 0.3 is 11.9 Å². The second kappa shape index (κ2) is 20.5. The van der Waals surface area contributed by atoms with Crippen molar-refractivity contribution in [1.82, 2.24) is 31.5 Å². The lowest BCUT2D eigenvalue weighted by Gasteiger charge is -2.33. The zero-order valence-electron chi connectivity index (χ0n) is 31.8. The first-order valence-corrected chi connectivity index (χ1v) is 17.8. The molecule has 17 nitrogen and oxygen atoms in total. The number of Topliss-reactive ketones (excluding diaryl/α,β-unsaturated/α-hetero) is 1. The number of rotatable bonds is 20. The van der Waals surface area contributed by atoms with Gasteiger partial charge in [0.25, 0.3) is 0 Å². The van der Waals surface area contributed by atoms with Gasteiger partial charge in [0.2, 0.25) is 35.4 Å². The molecule has 0 aromatic carbocycles. The molecule has 7 N–H and O–H groups in total. The molecular formula is C35H58N6O11. The second-order valence-electron chi connectivity index (χ2n) is 14.8. The molecule has 0 saturated carbocycles. The fourth-order valence-electron chi connectivity index (χ4n) is 5.83. The summed E-state index contributed by atoms with van der Waals surface area (Å²) >= 11 is 0. The number of hydrogen-bond donors (Lipinski definition) is 7. The molecule has 1 rings (SSSR count). The van der Waals surface area contributed by atoms with Crippen molar-refractivity contribution in [2.24, 2.45) is 17.3 Å². The molecule has 0 bridgehead atoms. The summed E-state index contributed by atoms with van der Waals surface area (Å²) in [5.41, 5.74) is -0.693. The fraction of sp³-hybridized carbons (Fsp3) is 0.743. The van der Waals surface area contributed by atoms with Crippen molar-refractivity contribution in [2.45, 2.75) is 144 Å². The Labute approximate surface area is 305 Å². The quantitative estimate of drug-likeness (QED) is 0.0904. The topological polar surface area (TPSA) is 257 Å². The van der Waals surface area contributed by atoms with Crippen molar-refractivity contribution >= 4 is 53.2 Å². The molecule has 294 valence electrons. The number of carbonyl (C=O) groups is 9. The molecule has 17 heteroatoms. The Hall–Kier alpha value is -4.57. The summed E-state index contributed by atoms with van der Waals surface area (Å²) in [5, 5.41) is 31.0. The number of ketones is 1. The van der Waals surface area contributed by atoms with Crippen LogP contribution in [0.25, 0.3) is 0 Å². The maximum Gasteiger partial charge on any atom is 0.305 e. The number of nitrogens with one attached hydrogen (secondary N) is 5. The highest BCUT2D eigenvalue weighted by molar-refractivity contribution is 5.99. The summed E-state index contributed by atoms with van der Waals surface area (Å²) in [7, 11) is 0. The molecule has 1 aliphatic heterocycles. The number of carboxylic acid groups (broad SMARTS) is 2. The van der Waals surface area contributed by atoms with E-state index in [1.54, 1.807) is 48.5 Å². The lowest BCUT2D eigenvalue weighted by molar-refractivity contribution is -0.144.